The number of hydrogen-bond acceptors (Lipinski definition) is 5. The molecule has 170 valence electrons. The fourth-order valence-corrected chi connectivity index (χ4v) is 3.42. The van der Waals surface area contributed by atoms with Gasteiger partial charge in [0.25, 0.3) is 0 Å². The van der Waals surface area contributed by atoms with E-state index in [1.165, 1.54) is 0 Å². The number of nitrogens with zero attached hydrogens (tertiary/aromatic N) is 3. The summed E-state index contributed by atoms with van der Waals surface area (Å²) in [4.78, 5) is 4.44. The van der Waals surface area contributed by atoms with E-state index in [9.17, 15) is 0 Å². The van der Waals surface area contributed by atoms with Crippen LogP contribution in [0.5, 0.6) is 5.75 Å². The van der Waals surface area contributed by atoms with Crippen molar-refractivity contribution in [1.82, 2.24) is 14.8 Å². The second kappa shape index (κ2) is 11.0. The SMILES string of the molecule is Cc1cc(OCc2coc(C=Cc3ccc(Cl)cc3)n2)ccc1COCCc1ccnn1C. The minimum absolute atomic E-state index is 0.332. The van der Waals surface area contributed by atoms with Crippen LogP contribution in [0.2, 0.25) is 5.02 Å². The molecule has 0 N–H and O–H groups in total. The summed E-state index contributed by atoms with van der Waals surface area (Å²) >= 11 is 5.91. The van der Waals surface area contributed by atoms with Gasteiger partial charge in [-0.15, -0.1) is 0 Å². The molecule has 6 nitrogen and oxygen atoms in total. The first-order valence-corrected chi connectivity index (χ1v) is 11.1. The molecule has 2 aromatic carbocycles. The smallest absolute Gasteiger partial charge is 0.218 e. The molecule has 2 aromatic heterocycles. The molecule has 0 radical (unpaired) electrons. The molecule has 0 atom stereocenters. The van der Waals surface area contributed by atoms with Crippen LogP contribution >= 0.6 is 11.6 Å². The van der Waals surface area contributed by atoms with Gasteiger partial charge in [0.1, 0.15) is 24.3 Å². The molecule has 0 saturated heterocycles. The van der Waals surface area contributed by atoms with Crippen LogP contribution in [0.25, 0.3) is 12.2 Å². The van der Waals surface area contributed by atoms with Crippen LogP contribution in [0.15, 0.2) is 65.4 Å². The van der Waals surface area contributed by atoms with E-state index in [0.29, 0.717) is 30.7 Å². The van der Waals surface area contributed by atoms with Crippen molar-refractivity contribution in [2.45, 2.75) is 26.6 Å². The van der Waals surface area contributed by atoms with E-state index in [1.807, 2.05) is 72.4 Å². The van der Waals surface area contributed by atoms with E-state index < -0.39 is 0 Å². The lowest BCUT2D eigenvalue weighted by atomic mass is 10.1. The number of ether oxygens (including phenoxy) is 2. The van der Waals surface area contributed by atoms with Crippen molar-refractivity contribution in [2.24, 2.45) is 7.05 Å². The molecule has 0 spiro atoms. The van der Waals surface area contributed by atoms with Gasteiger partial charge < -0.3 is 13.9 Å². The zero-order valence-electron chi connectivity index (χ0n) is 18.7. The molecule has 4 rings (SSSR count). The summed E-state index contributed by atoms with van der Waals surface area (Å²) in [6, 6.07) is 15.6. The van der Waals surface area contributed by atoms with Gasteiger partial charge in [-0.25, -0.2) is 4.98 Å². The Morgan fingerprint density at radius 3 is 2.67 bits per heavy atom. The van der Waals surface area contributed by atoms with Crippen LogP contribution in [-0.4, -0.2) is 21.4 Å². The van der Waals surface area contributed by atoms with Crippen molar-refractivity contribution in [1.29, 1.82) is 0 Å². The highest BCUT2D eigenvalue weighted by Crippen LogP contribution is 2.20. The normalized spacial score (nSPS) is 11.4. The van der Waals surface area contributed by atoms with Crippen molar-refractivity contribution >= 4 is 23.8 Å². The number of hydrogen-bond donors (Lipinski definition) is 0. The van der Waals surface area contributed by atoms with Crippen molar-refractivity contribution in [2.75, 3.05) is 6.61 Å². The molecule has 0 aliphatic heterocycles. The Morgan fingerprint density at radius 1 is 1.06 bits per heavy atom. The predicted octanol–water partition coefficient (Wildman–Crippen LogP) is 5.88. The Morgan fingerprint density at radius 2 is 1.91 bits per heavy atom. The molecule has 0 aliphatic carbocycles. The maximum Gasteiger partial charge on any atom is 0.218 e. The largest absolute Gasteiger partial charge is 0.487 e. The number of oxazole rings is 1. The molecule has 0 saturated carbocycles. The highest BCUT2D eigenvalue weighted by atomic mass is 35.5. The molecule has 4 aromatic rings. The molecule has 0 amide bonds. The van der Waals surface area contributed by atoms with E-state index in [0.717, 1.165) is 40.2 Å². The van der Waals surface area contributed by atoms with E-state index in [2.05, 4.69) is 17.0 Å². The number of rotatable bonds is 10. The monoisotopic (exact) mass is 463 g/mol. The molecular formula is C26H26ClN3O3. The zero-order valence-corrected chi connectivity index (χ0v) is 19.5. The Kier molecular flexibility index (Phi) is 7.60. The van der Waals surface area contributed by atoms with Gasteiger partial charge in [-0.05, 0) is 60.0 Å². The van der Waals surface area contributed by atoms with Gasteiger partial charge in [-0.3, -0.25) is 4.68 Å². The minimum Gasteiger partial charge on any atom is -0.487 e. The second-order valence-corrected chi connectivity index (χ2v) is 8.12. The molecule has 0 fully saturated rings. The number of halogens is 1. The van der Waals surface area contributed by atoms with Gasteiger partial charge in [0.15, 0.2) is 0 Å². The molecule has 0 bridgehead atoms. The average Bonchev–Trinajstić information content (AvgIpc) is 3.44. The van der Waals surface area contributed by atoms with E-state index in [1.54, 1.807) is 12.5 Å². The Bertz CT molecular complexity index is 1210. The third-order valence-electron chi connectivity index (χ3n) is 5.24. The second-order valence-electron chi connectivity index (χ2n) is 7.69. The van der Waals surface area contributed by atoms with E-state index in [-0.39, 0.29) is 0 Å². The summed E-state index contributed by atoms with van der Waals surface area (Å²) in [6.45, 7) is 3.61. The van der Waals surface area contributed by atoms with Crippen LogP contribution in [0.1, 0.15) is 34.0 Å². The first-order valence-electron chi connectivity index (χ1n) is 10.7. The lowest BCUT2D eigenvalue weighted by molar-refractivity contribution is 0.122. The van der Waals surface area contributed by atoms with Gasteiger partial charge in [0, 0.05) is 36.5 Å². The van der Waals surface area contributed by atoms with Gasteiger partial charge >= 0.3 is 0 Å². The average molecular weight is 464 g/mol. The fraction of sp³-hybridized carbons (Fsp3) is 0.231. The molecule has 0 aliphatic rings. The van der Waals surface area contributed by atoms with Gasteiger partial charge in [-0.2, -0.15) is 5.10 Å². The Labute approximate surface area is 198 Å². The van der Waals surface area contributed by atoms with Gasteiger partial charge in [0.2, 0.25) is 5.89 Å². The van der Waals surface area contributed by atoms with Crippen LogP contribution in [0.4, 0.5) is 0 Å². The Balaban J connectivity index is 1.24. The van der Waals surface area contributed by atoms with Crippen LogP contribution in [0, 0.1) is 6.92 Å². The summed E-state index contributed by atoms with van der Waals surface area (Å²) in [7, 11) is 1.94. The quantitative estimate of drug-likeness (QED) is 0.275. The summed E-state index contributed by atoms with van der Waals surface area (Å²) in [6.07, 6.45) is 7.99. The van der Waals surface area contributed by atoms with Crippen LogP contribution < -0.4 is 4.74 Å². The van der Waals surface area contributed by atoms with Gasteiger partial charge in [-0.1, -0.05) is 29.8 Å². The lowest BCUT2D eigenvalue weighted by Crippen LogP contribution is -2.05. The highest BCUT2D eigenvalue weighted by Gasteiger charge is 2.06. The third kappa shape index (κ3) is 6.57. The van der Waals surface area contributed by atoms with E-state index in [4.69, 9.17) is 25.5 Å². The summed E-state index contributed by atoms with van der Waals surface area (Å²) < 4.78 is 19.1. The molecule has 33 heavy (non-hydrogen) atoms. The number of benzene rings is 2. The van der Waals surface area contributed by atoms with E-state index >= 15 is 0 Å². The van der Waals surface area contributed by atoms with Crippen molar-refractivity contribution in [3.05, 3.63) is 100.0 Å². The predicted molar refractivity (Wildman–Crippen MR) is 129 cm³/mol. The van der Waals surface area contributed by atoms with Crippen molar-refractivity contribution in [3.63, 3.8) is 0 Å². The van der Waals surface area contributed by atoms with Crippen LogP contribution in [-0.2, 0) is 31.4 Å². The maximum absolute atomic E-state index is 5.91. The minimum atomic E-state index is 0.332. The molecular weight excluding hydrogens is 438 g/mol. The standard InChI is InChI=1S/C26H26ClN3O3/c1-19-15-25(9-6-21(19)16-31-14-12-24-11-13-28-30(24)2)32-17-23-18-33-26(29-23)10-5-20-3-7-22(27)8-4-20/h3-11,13,15,18H,12,14,16-17H2,1-2H3. The fourth-order valence-electron chi connectivity index (χ4n) is 3.29. The highest BCUT2D eigenvalue weighted by molar-refractivity contribution is 6.30. The first kappa shape index (κ1) is 22.8. The summed E-state index contributed by atoms with van der Waals surface area (Å²) in [5, 5.41) is 4.88. The third-order valence-corrected chi connectivity index (χ3v) is 5.49. The van der Waals surface area contributed by atoms with Crippen LogP contribution in [0.3, 0.4) is 0 Å². The maximum atomic E-state index is 5.91. The number of aryl methyl sites for hydroxylation is 2. The first-order chi connectivity index (χ1) is 16.1. The zero-order chi connectivity index (χ0) is 23.0. The Hall–Kier alpha value is -3.35. The van der Waals surface area contributed by atoms with Crippen molar-refractivity contribution < 1.29 is 13.9 Å². The molecule has 7 heteroatoms. The lowest BCUT2D eigenvalue weighted by Gasteiger charge is -2.10. The molecule has 2 heterocycles. The molecule has 0 unspecified atom stereocenters. The summed E-state index contributed by atoms with van der Waals surface area (Å²) in [5.74, 6) is 1.31. The number of aromatic nitrogens is 3. The van der Waals surface area contributed by atoms with Gasteiger partial charge in [0.05, 0.1) is 13.2 Å². The topological polar surface area (TPSA) is 62.3 Å². The van der Waals surface area contributed by atoms with Crippen molar-refractivity contribution in [3.8, 4) is 5.75 Å². The summed E-state index contributed by atoms with van der Waals surface area (Å²) in [5.41, 5.74) is 5.17.